The molecule has 0 spiro atoms. The van der Waals surface area contributed by atoms with Gasteiger partial charge in [0.25, 0.3) is 0 Å². The van der Waals surface area contributed by atoms with E-state index in [1.807, 2.05) is 23.0 Å². The molecule has 2 heterocycles. The number of rotatable bonds is 4. The van der Waals surface area contributed by atoms with E-state index in [1.54, 1.807) is 29.5 Å². The first-order chi connectivity index (χ1) is 9.70. The van der Waals surface area contributed by atoms with Crippen LogP contribution in [0.25, 0.3) is 4.96 Å². The molecule has 0 saturated heterocycles. The van der Waals surface area contributed by atoms with Crippen LogP contribution in [0.1, 0.15) is 5.69 Å². The quantitative estimate of drug-likeness (QED) is 0.779. The lowest BCUT2D eigenvalue weighted by Crippen LogP contribution is -2.08. The molecule has 3 aromatic rings. The molecule has 0 atom stereocenters. The Hall–Kier alpha value is -1.27. The standard InChI is InChI=1S/C13H11Cl2N3OS/c1-16-7-9-12(17-13-18(9)5-6-20-13)19-10-4-2-3-8(14)11(10)15/h2-6,16H,7H2,1H3. The van der Waals surface area contributed by atoms with E-state index in [1.165, 1.54) is 0 Å². The number of aromatic nitrogens is 2. The van der Waals surface area contributed by atoms with Gasteiger partial charge in [0.15, 0.2) is 4.96 Å². The number of hydrogen-bond donors (Lipinski definition) is 1. The minimum Gasteiger partial charge on any atom is -0.436 e. The molecular formula is C13H11Cl2N3OS. The maximum Gasteiger partial charge on any atom is 0.243 e. The Morgan fingerprint density at radius 3 is 3.05 bits per heavy atom. The van der Waals surface area contributed by atoms with Crippen molar-refractivity contribution >= 4 is 39.5 Å². The normalized spacial score (nSPS) is 11.2. The SMILES string of the molecule is CNCc1c(Oc2cccc(Cl)c2Cl)nc2sccn12. The van der Waals surface area contributed by atoms with Gasteiger partial charge >= 0.3 is 0 Å². The van der Waals surface area contributed by atoms with Gasteiger partial charge in [0.05, 0.1) is 5.02 Å². The van der Waals surface area contributed by atoms with E-state index >= 15 is 0 Å². The number of halogens is 2. The van der Waals surface area contributed by atoms with Crippen molar-refractivity contribution in [3.63, 3.8) is 0 Å². The summed E-state index contributed by atoms with van der Waals surface area (Å²) < 4.78 is 7.83. The number of benzene rings is 1. The maximum atomic E-state index is 6.14. The van der Waals surface area contributed by atoms with Crippen molar-refractivity contribution in [3.8, 4) is 11.6 Å². The minimum atomic E-state index is 0.390. The molecule has 2 aromatic heterocycles. The third-order valence-electron chi connectivity index (χ3n) is 2.79. The third-order valence-corrected chi connectivity index (χ3v) is 4.35. The lowest BCUT2D eigenvalue weighted by Gasteiger charge is -2.08. The first kappa shape index (κ1) is 13.7. The zero-order valence-electron chi connectivity index (χ0n) is 10.6. The molecule has 0 aliphatic heterocycles. The summed E-state index contributed by atoms with van der Waals surface area (Å²) in [5, 5.41) is 5.94. The lowest BCUT2D eigenvalue weighted by atomic mass is 10.3. The van der Waals surface area contributed by atoms with E-state index < -0.39 is 0 Å². The van der Waals surface area contributed by atoms with Crippen molar-refractivity contribution in [1.29, 1.82) is 0 Å². The summed E-state index contributed by atoms with van der Waals surface area (Å²) in [7, 11) is 1.88. The molecule has 7 heteroatoms. The third kappa shape index (κ3) is 2.38. The highest BCUT2D eigenvalue weighted by Crippen LogP contribution is 2.36. The Balaban J connectivity index is 2.03. The molecule has 3 rings (SSSR count). The predicted octanol–water partition coefficient (Wildman–Crippen LogP) is 4.21. The molecule has 4 nitrogen and oxygen atoms in total. The average Bonchev–Trinajstić information content (AvgIpc) is 2.99. The summed E-state index contributed by atoms with van der Waals surface area (Å²) in [5.41, 5.74) is 0.944. The summed E-state index contributed by atoms with van der Waals surface area (Å²) in [6.45, 7) is 0.644. The molecule has 1 N–H and O–H groups in total. The van der Waals surface area contributed by atoms with Crippen LogP contribution in [0.4, 0.5) is 0 Å². The predicted molar refractivity (Wildman–Crippen MR) is 82.4 cm³/mol. The van der Waals surface area contributed by atoms with Gasteiger partial charge < -0.3 is 10.1 Å². The number of nitrogens with one attached hydrogen (secondary N) is 1. The zero-order valence-corrected chi connectivity index (χ0v) is 12.9. The second kappa shape index (κ2) is 5.61. The number of fused-ring (bicyclic) bond motifs is 1. The first-order valence-electron chi connectivity index (χ1n) is 5.91. The fourth-order valence-corrected chi connectivity index (χ4v) is 2.94. The summed E-state index contributed by atoms with van der Waals surface area (Å²) in [6.07, 6.45) is 1.96. The number of ether oxygens (including phenoxy) is 1. The van der Waals surface area contributed by atoms with Crippen LogP contribution in [-0.4, -0.2) is 16.4 Å². The first-order valence-corrected chi connectivity index (χ1v) is 7.55. The van der Waals surface area contributed by atoms with Gasteiger partial charge in [-0.25, -0.2) is 0 Å². The minimum absolute atomic E-state index is 0.390. The highest BCUT2D eigenvalue weighted by atomic mass is 35.5. The molecule has 0 amide bonds. The molecule has 0 fully saturated rings. The van der Waals surface area contributed by atoms with Gasteiger partial charge in [0.2, 0.25) is 5.88 Å². The lowest BCUT2D eigenvalue weighted by molar-refractivity contribution is 0.457. The van der Waals surface area contributed by atoms with Gasteiger partial charge in [0.1, 0.15) is 16.5 Å². The van der Waals surface area contributed by atoms with Crippen LogP contribution in [-0.2, 0) is 6.54 Å². The smallest absolute Gasteiger partial charge is 0.243 e. The van der Waals surface area contributed by atoms with E-state index in [4.69, 9.17) is 27.9 Å². The topological polar surface area (TPSA) is 38.6 Å². The monoisotopic (exact) mass is 327 g/mol. The van der Waals surface area contributed by atoms with E-state index in [0.29, 0.717) is 28.2 Å². The van der Waals surface area contributed by atoms with Crippen molar-refractivity contribution in [2.75, 3.05) is 7.05 Å². The number of hydrogen-bond acceptors (Lipinski definition) is 4. The molecule has 0 radical (unpaired) electrons. The van der Waals surface area contributed by atoms with Gasteiger partial charge in [-0.1, -0.05) is 29.3 Å². The number of nitrogens with zero attached hydrogens (tertiary/aromatic N) is 2. The van der Waals surface area contributed by atoms with Crippen molar-refractivity contribution < 1.29 is 4.74 Å². The van der Waals surface area contributed by atoms with Gasteiger partial charge in [-0.2, -0.15) is 4.98 Å². The fourth-order valence-electron chi connectivity index (χ4n) is 1.89. The van der Waals surface area contributed by atoms with Crippen LogP contribution < -0.4 is 10.1 Å². The number of thiazole rings is 1. The molecule has 20 heavy (non-hydrogen) atoms. The molecule has 0 saturated carbocycles. The molecule has 0 bridgehead atoms. The highest BCUT2D eigenvalue weighted by molar-refractivity contribution is 7.15. The summed E-state index contributed by atoms with van der Waals surface area (Å²) in [4.78, 5) is 5.35. The fraction of sp³-hybridized carbons (Fsp3) is 0.154. The Morgan fingerprint density at radius 1 is 1.40 bits per heavy atom. The molecule has 1 aromatic carbocycles. The zero-order chi connectivity index (χ0) is 14.1. The Morgan fingerprint density at radius 2 is 2.25 bits per heavy atom. The molecule has 0 aliphatic carbocycles. The molecule has 0 aliphatic rings. The maximum absolute atomic E-state index is 6.14. The summed E-state index contributed by atoms with van der Waals surface area (Å²) in [5.74, 6) is 1.04. The Bertz CT molecular complexity index is 753. The Labute approximate surface area is 129 Å². The number of imidazole rings is 1. The average molecular weight is 328 g/mol. The van der Waals surface area contributed by atoms with Gasteiger partial charge in [-0.3, -0.25) is 4.40 Å². The second-order valence-corrected chi connectivity index (χ2v) is 5.76. The Kier molecular flexibility index (Phi) is 3.85. The van der Waals surface area contributed by atoms with Crippen LogP contribution >= 0.6 is 34.5 Å². The van der Waals surface area contributed by atoms with Gasteiger partial charge in [0, 0.05) is 18.1 Å². The van der Waals surface area contributed by atoms with Crippen LogP contribution in [0.5, 0.6) is 11.6 Å². The van der Waals surface area contributed by atoms with Gasteiger partial charge in [-0.15, -0.1) is 11.3 Å². The van der Waals surface area contributed by atoms with Crippen LogP contribution in [0.3, 0.4) is 0 Å². The second-order valence-electron chi connectivity index (χ2n) is 4.10. The highest BCUT2D eigenvalue weighted by Gasteiger charge is 2.16. The van der Waals surface area contributed by atoms with E-state index in [-0.39, 0.29) is 0 Å². The van der Waals surface area contributed by atoms with Crippen molar-refractivity contribution in [1.82, 2.24) is 14.7 Å². The van der Waals surface area contributed by atoms with Crippen molar-refractivity contribution in [2.24, 2.45) is 0 Å². The molecule has 104 valence electrons. The van der Waals surface area contributed by atoms with E-state index in [0.717, 1.165) is 10.7 Å². The molecule has 0 unspecified atom stereocenters. The summed E-state index contributed by atoms with van der Waals surface area (Å²) in [6, 6.07) is 5.28. The molecular weight excluding hydrogens is 317 g/mol. The summed E-state index contributed by atoms with van der Waals surface area (Å²) >= 11 is 13.7. The van der Waals surface area contributed by atoms with Crippen LogP contribution in [0.15, 0.2) is 29.8 Å². The van der Waals surface area contributed by atoms with Crippen molar-refractivity contribution in [2.45, 2.75) is 6.54 Å². The van der Waals surface area contributed by atoms with Crippen LogP contribution in [0, 0.1) is 0 Å². The van der Waals surface area contributed by atoms with E-state index in [2.05, 4.69) is 10.3 Å². The van der Waals surface area contributed by atoms with E-state index in [9.17, 15) is 0 Å². The van der Waals surface area contributed by atoms with Crippen molar-refractivity contribution in [3.05, 3.63) is 45.5 Å². The largest absolute Gasteiger partial charge is 0.436 e. The van der Waals surface area contributed by atoms with Crippen LogP contribution in [0.2, 0.25) is 10.0 Å². The van der Waals surface area contributed by atoms with Gasteiger partial charge in [-0.05, 0) is 19.2 Å².